The van der Waals surface area contributed by atoms with Crippen LogP contribution in [0.5, 0.6) is 0 Å². The number of halogens is 2. The molecule has 0 bridgehead atoms. The van der Waals surface area contributed by atoms with E-state index in [-0.39, 0.29) is 0 Å². The monoisotopic (exact) mass is 273 g/mol. The topological polar surface area (TPSA) is 46.1 Å². The van der Waals surface area contributed by atoms with Crippen molar-refractivity contribution in [2.24, 2.45) is 5.92 Å². The van der Waals surface area contributed by atoms with Gasteiger partial charge in [0.1, 0.15) is 6.29 Å². The van der Waals surface area contributed by atoms with E-state index < -0.39 is 0 Å². The molecule has 4 nitrogen and oxygen atoms in total. The number of aromatic nitrogens is 2. The van der Waals surface area contributed by atoms with Crippen LogP contribution in [0.1, 0.15) is 19.3 Å². The van der Waals surface area contributed by atoms with Crippen LogP contribution < -0.4 is 4.90 Å². The molecule has 2 heterocycles. The first-order valence-corrected chi connectivity index (χ1v) is 6.33. The van der Waals surface area contributed by atoms with Gasteiger partial charge < -0.3 is 9.69 Å². The maximum Gasteiger partial charge on any atom is 0.175 e. The average Bonchev–Trinajstić information content (AvgIpc) is 2.34. The second kappa shape index (κ2) is 5.65. The fourth-order valence-electron chi connectivity index (χ4n) is 2.11. The molecular weight excluding hydrogens is 261 g/mol. The van der Waals surface area contributed by atoms with Gasteiger partial charge in [0.05, 0.1) is 5.69 Å². The lowest BCUT2D eigenvalue weighted by atomic mass is 9.94. The van der Waals surface area contributed by atoms with Gasteiger partial charge in [-0.2, -0.15) is 0 Å². The van der Waals surface area contributed by atoms with Crippen molar-refractivity contribution in [3.63, 3.8) is 0 Å². The third-order valence-electron chi connectivity index (χ3n) is 3.09. The highest BCUT2D eigenvalue weighted by atomic mass is 35.5. The standard InChI is InChI=1S/C11H13Cl2N3O/c12-10-7-9(11(13)15-14-10)16-4-1-8(2-5-16)3-6-17/h6-8H,1-5H2. The zero-order valence-corrected chi connectivity index (χ0v) is 10.8. The highest BCUT2D eigenvalue weighted by molar-refractivity contribution is 6.33. The Balaban J connectivity index is 2.05. The highest BCUT2D eigenvalue weighted by Gasteiger charge is 2.21. The minimum absolute atomic E-state index is 0.347. The zero-order chi connectivity index (χ0) is 12.3. The lowest BCUT2D eigenvalue weighted by molar-refractivity contribution is -0.108. The Morgan fingerprint density at radius 1 is 1.35 bits per heavy atom. The predicted molar refractivity (Wildman–Crippen MR) is 67.7 cm³/mol. The number of carbonyl (C=O) groups excluding carboxylic acids is 1. The van der Waals surface area contributed by atoms with Gasteiger partial charge in [0.15, 0.2) is 10.3 Å². The molecule has 17 heavy (non-hydrogen) atoms. The predicted octanol–water partition coefficient (Wildman–Crippen LogP) is 2.59. The van der Waals surface area contributed by atoms with Crippen LogP contribution in [0.3, 0.4) is 0 Å². The molecule has 6 heteroatoms. The summed E-state index contributed by atoms with van der Waals surface area (Å²) in [7, 11) is 0. The Morgan fingerprint density at radius 3 is 2.71 bits per heavy atom. The summed E-state index contributed by atoms with van der Waals surface area (Å²) in [5.74, 6) is 0.493. The Labute approximate surface area is 110 Å². The Kier molecular flexibility index (Phi) is 4.18. The Hall–Kier alpha value is -0.870. The lowest BCUT2D eigenvalue weighted by Gasteiger charge is -2.33. The summed E-state index contributed by atoms with van der Waals surface area (Å²) in [6.45, 7) is 1.75. The molecule has 1 aliphatic rings. The molecule has 1 fully saturated rings. The van der Waals surface area contributed by atoms with Crippen molar-refractivity contribution in [1.29, 1.82) is 0 Å². The van der Waals surface area contributed by atoms with Crippen molar-refractivity contribution in [2.45, 2.75) is 19.3 Å². The molecule has 0 radical (unpaired) electrons. The van der Waals surface area contributed by atoms with Crippen LogP contribution in [0, 0.1) is 5.92 Å². The lowest BCUT2D eigenvalue weighted by Crippen LogP contribution is -2.34. The summed E-state index contributed by atoms with van der Waals surface area (Å²) in [6, 6.07) is 1.73. The summed E-state index contributed by atoms with van der Waals surface area (Å²) < 4.78 is 0. The number of aldehydes is 1. The first-order chi connectivity index (χ1) is 8.20. The van der Waals surface area contributed by atoms with E-state index in [9.17, 15) is 4.79 Å². The summed E-state index contributed by atoms with van der Waals surface area (Å²) in [5, 5.41) is 8.21. The molecule has 1 aliphatic heterocycles. The van der Waals surface area contributed by atoms with Crippen molar-refractivity contribution >= 4 is 35.2 Å². The zero-order valence-electron chi connectivity index (χ0n) is 9.27. The minimum atomic E-state index is 0.347. The van der Waals surface area contributed by atoms with Crippen LogP contribution in [-0.4, -0.2) is 29.6 Å². The fourth-order valence-corrected chi connectivity index (χ4v) is 2.46. The number of hydrogen-bond acceptors (Lipinski definition) is 4. The average molecular weight is 274 g/mol. The summed E-state index contributed by atoms with van der Waals surface area (Å²) in [4.78, 5) is 12.6. The van der Waals surface area contributed by atoms with Crippen molar-refractivity contribution in [3.8, 4) is 0 Å². The molecule has 1 aromatic rings. The summed E-state index contributed by atoms with van der Waals surface area (Å²) in [6.07, 6.45) is 3.64. The molecule has 0 amide bonds. The van der Waals surface area contributed by atoms with Crippen LogP contribution in [0.25, 0.3) is 0 Å². The molecular formula is C11H13Cl2N3O. The van der Waals surface area contributed by atoms with E-state index in [4.69, 9.17) is 23.2 Å². The van der Waals surface area contributed by atoms with E-state index in [1.54, 1.807) is 6.07 Å². The van der Waals surface area contributed by atoms with Gasteiger partial charge in [0.2, 0.25) is 0 Å². The van der Waals surface area contributed by atoms with Crippen LogP contribution in [-0.2, 0) is 4.79 Å². The van der Waals surface area contributed by atoms with E-state index in [0.717, 1.165) is 37.9 Å². The molecule has 0 aliphatic carbocycles. The van der Waals surface area contributed by atoms with Crippen LogP contribution in [0.4, 0.5) is 5.69 Å². The molecule has 0 aromatic carbocycles. The van der Waals surface area contributed by atoms with E-state index in [1.807, 2.05) is 0 Å². The number of anilines is 1. The van der Waals surface area contributed by atoms with Gasteiger partial charge in [0, 0.05) is 25.6 Å². The molecule has 0 atom stereocenters. The Bertz CT molecular complexity index is 406. The normalized spacial score (nSPS) is 17.2. The maximum absolute atomic E-state index is 10.5. The molecule has 2 rings (SSSR count). The van der Waals surface area contributed by atoms with E-state index in [1.165, 1.54) is 0 Å². The third kappa shape index (κ3) is 3.07. The molecule has 0 unspecified atom stereocenters. The third-order valence-corrected chi connectivity index (χ3v) is 3.54. The highest BCUT2D eigenvalue weighted by Crippen LogP contribution is 2.29. The van der Waals surface area contributed by atoms with Crippen molar-refractivity contribution in [2.75, 3.05) is 18.0 Å². The molecule has 0 N–H and O–H groups in total. The second-order valence-electron chi connectivity index (χ2n) is 4.18. The smallest absolute Gasteiger partial charge is 0.175 e. The number of nitrogens with zero attached hydrogens (tertiary/aromatic N) is 3. The molecule has 0 spiro atoms. The van der Waals surface area contributed by atoms with Crippen molar-refractivity contribution in [1.82, 2.24) is 10.2 Å². The SMILES string of the molecule is O=CCC1CCN(c2cc(Cl)nnc2Cl)CC1. The largest absolute Gasteiger partial charge is 0.369 e. The molecule has 1 saturated heterocycles. The van der Waals surface area contributed by atoms with Gasteiger partial charge in [-0.25, -0.2) is 0 Å². The van der Waals surface area contributed by atoms with Gasteiger partial charge >= 0.3 is 0 Å². The first-order valence-electron chi connectivity index (χ1n) is 5.58. The number of piperidine rings is 1. The maximum atomic E-state index is 10.5. The summed E-state index contributed by atoms with van der Waals surface area (Å²) >= 11 is 11.8. The fraction of sp³-hybridized carbons (Fsp3) is 0.545. The quantitative estimate of drug-likeness (QED) is 0.795. The number of hydrogen-bond donors (Lipinski definition) is 0. The number of carbonyl (C=O) groups is 1. The van der Waals surface area contributed by atoms with Crippen LogP contribution >= 0.6 is 23.2 Å². The van der Waals surface area contributed by atoms with Gasteiger partial charge in [-0.1, -0.05) is 23.2 Å². The second-order valence-corrected chi connectivity index (χ2v) is 4.92. The summed E-state index contributed by atoms with van der Waals surface area (Å²) in [5.41, 5.74) is 0.830. The van der Waals surface area contributed by atoms with Gasteiger partial charge in [0.25, 0.3) is 0 Å². The first kappa shape index (κ1) is 12.6. The van der Waals surface area contributed by atoms with Crippen molar-refractivity contribution in [3.05, 3.63) is 16.4 Å². The molecule has 1 aromatic heterocycles. The van der Waals surface area contributed by atoms with Crippen LogP contribution in [0.2, 0.25) is 10.3 Å². The van der Waals surface area contributed by atoms with Gasteiger partial charge in [-0.15, -0.1) is 10.2 Å². The number of rotatable bonds is 3. The minimum Gasteiger partial charge on any atom is -0.369 e. The molecule has 0 saturated carbocycles. The Morgan fingerprint density at radius 2 is 2.06 bits per heavy atom. The van der Waals surface area contributed by atoms with Gasteiger partial charge in [-0.3, -0.25) is 0 Å². The van der Waals surface area contributed by atoms with E-state index in [0.29, 0.717) is 22.6 Å². The van der Waals surface area contributed by atoms with Crippen molar-refractivity contribution < 1.29 is 4.79 Å². The molecule has 92 valence electrons. The van der Waals surface area contributed by atoms with Gasteiger partial charge in [-0.05, 0) is 18.8 Å². The van der Waals surface area contributed by atoms with E-state index >= 15 is 0 Å². The van der Waals surface area contributed by atoms with E-state index in [2.05, 4.69) is 15.1 Å². The van der Waals surface area contributed by atoms with Crippen LogP contribution in [0.15, 0.2) is 6.07 Å².